The molecule has 0 bridgehead atoms. The van der Waals surface area contributed by atoms with E-state index in [-0.39, 0.29) is 0 Å². The molecular weight excluding hydrogens is 226 g/mol. The lowest BCUT2D eigenvalue weighted by Crippen LogP contribution is -1.95. The number of hydrogen-bond acceptors (Lipinski definition) is 4. The van der Waals surface area contributed by atoms with Crippen molar-refractivity contribution in [1.29, 1.82) is 0 Å². The number of thiazole rings is 1. The summed E-state index contributed by atoms with van der Waals surface area (Å²) >= 11 is 3.32. The molecule has 0 saturated heterocycles. The van der Waals surface area contributed by atoms with Crippen LogP contribution in [0.25, 0.3) is 0 Å². The average Bonchev–Trinajstić information content (AvgIpc) is 2.76. The number of aromatic nitrogens is 1. The Labute approximate surface area is 97.3 Å². The smallest absolute Gasteiger partial charge is 0.150 e. The van der Waals surface area contributed by atoms with E-state index < -0.39 is 0 Å². The first kappa shape index (κ1) is 10.5. The Morgan fingerprint density at radius 1 is 1.33 bits per heavy atom. The quantitative estimate of drug-likeness (QED) is 0.760. The third-order valence-electron chi connectivity index (χ3n) is 1.84. The zero-order valence-electron chi connectivity index (χ0n) is 8.34. The van der Waals surface area contributed by atoms with Crippen LogP contribution in [0, 0.1) is 0 Å². The normalized spacial score (nSPS) is 10.2. The van der Waals surface area contributed by atoms with Crippen LogP contribution in [0.2, 0.25) is 0 Å². The summed E-state index contributed by atoms with van der Waals surface area (Å²) < 4.78 is 6.67. The van der Waals surface area contributed by atoms with Gasteiger partial charge < -0.3 is 4.74 Å². The molecule has 0 radical (unpaired) electrons. The third kappa shape index (κ3) is 2.97. The predicted molar refractivity (Wildman–Crippen MR) is 64.7 cm³/mol. The van der Waals surface area contributed by atoms with Crippen molar-refractivity contribution in [3.63, 3.8) is 0 Å². The fourth-order valence-electron chi connectivity index (χ4n) is 1.12. The van der Waals surface area contributed by atoms with Gasteiger partial charge in [-0.05, 0) is 18.4 Å². The first-order valence-corrected chi connectivity index (χ1v) is 6.65. The molecule has 0 saturated carbocycles. The molecule has 2 aromatic rings. The van der Waals surface area contributed by atoms with Gasteiger partial charge in [-0.3, -0.25) is 0 Å². The van der Waals surface area contributed by atoms with Gasteiger partial charge in [0.25, 0.3) is 0 Å². The Hall–Kier alpha value is -1.00. The summed E-state index contributed by atoms with van der Waals surface area (Å²) in [5.74, 6) is 0.885. The van der Waals surface area contributed by atoms with E-state index >= 15 is 0 Å². The number of para-hydroxylation sites is 1. The molecule has 0 aliphatic carbocycles. The largest absolute Gasteiger partial charge is 0.487 e. The molecule has 15 heavy (non-hydrogen) atoms. The van der Waals surface area contributed by atoms with Crippen molar-refractivity contribution < 1.29 is 4.74 Å². The molecule has 1 aromatic carbocycles. The number of nitrogens with zero attached hydrogens (tertiary/aromatic N) is 1. The van der Waals surface area contributed by atoms with Gasteiger partial charge in [-0.25, -0.2) is 4.98 Å². The monoisotopic (exact) mass is 237 g/mol. The summed E-state index contributed by atoms with van der Waals surface area (Å²) in [4.78, 5) is 4.40. The van der Waals surface area contributed by atoms with Crippen LogP contribution in [-0.2, 0) is 6.61 Å². The van der Waals surface area contributed by atoms with Crippen molar-refractivity contribution in [2.75, 3.05) is 6.26 Å². The van der Waals surface area contributed by atoms with Crippen LogP contribution in [0.15, 0.2) is 40.1 Å². The molecule has 1 heterocycles. The fourth-order valence-corrected chi connectivity index (χ4v) is 2.39. The van der Waals surface area contributed by atoms with Crippen molar-refractivity contribution in [1.82, 2.24) is 4.98 Å². The molecule has 0 unspecified atom stereocenters. The molecule has 0 amide bonds. The second kappa shape index (κ2) is 5.19. The van der Waals surface area contributed by atoms with E-state index in [0.29, 0.717) is 6.61 Å². The zero-order valence-corrected chi connectivity index (χ0v) is 9.98. The van der Waals surface area contributed by atoms with E-state index in [1.54, 1.807) is 23.1 Å². The molecule has 4 heteroatoms. The first-order valence-electron chi connectivity index (χ1n) is 4.55. The molecule has 2 nitrogen and oxygen atoms in total. The van der Waals surface area contributed by atoms with Gasteiger partial charge in [0, 0.05) is 5.38 Å². The van der Waals surface area contributed by atoms with E-state index in [2.05, 4.69) is 4.98 Å². The topological polar surface area (TPSA) is 22.1 Å². The summed E-state index contributed by atoms with van der Waals surface area (Å²) in [6.07, 6.45) is 2.03. The fraction of sp³-hybridized carbons (Fsp3) is 0.182. The zero-order chi connectivity index (χ0) is 10.5. The minimum Gasteiger partial charge on any atom is -0.487 e. The SMILES string of the molecule is CSc1nc(COc2ccccc2)cs1. The Morgan fingerprint density at radius 2 is 2.13 bits per heavy atom. The van der Waals surface area contributed by atoms with Gasteiger partial charge in [0.1, 0.15) is 16.7 Å². The Balaban J connectivity index is 1.93. The number of rotatable bonds is 4. The van der Waals surface area contributed by atoms with E-state index in [4.69, 9.17) is 4.74 Å². The highest BCUT2D eigenvalue weighted by atomic mass is 32.2. The van der Waals surface area contributed by atoms with Crippen molar-refractivity contribution in [2.24, 2.45) is 0 Å². The molecule has 0 aliphatic heterocycles. The number of thioether (sulfide) groups is 1. The minimum absolute atomic E-state index is 0.543. The highest BCUT2D eigenvalue weighted by Gasteiger charge is 2.01. The average molecular weight is 237 g/mol. The second-order valence-corrected chi connectivity index (χ2v) is 4.82. The molecule has 0 fully saturated rings. The van der Waals surface area contributed by atoms with Crippen LogP contribution in [0.4, 0.5) is 0 Å². The van der Waals surface area contributed by atoms with Crippen LogP contribution in [0.5, 0.6) is 5.75 Å². The molecule has 0 spiro atoms. The van der Waals surface area contributed by atoms with Crippen molar-refractivity contribution in [3.05, 3.63) is 41.4 Å². The second-order valence-electron chi connectivity index (χ2n) is 2.91. The molecule has 1 aromatic heterocycles. The van der Waals surface area contributed by atoms with Crippen molar-refractivity contribution in [2.45, 2.75) is 10.9 Å². The van der Waals surface area contributed by atoms with Gasteiger partial charge in [0.15, 0.2) is 0 Å². The Kier molecular flexibility index (Phi) is 3.64. The number of benzene rings is 1. The maximum atomic E-state index is 5.58. The lowest BCUT2D eigenvalue weighted by Gasteiger charge is -2.02. The Bertz CT molecular complexity index is 414. The van der Waals surface area contributed by atoms with Crippen LogP contribution >= 0.6 is 23.1 Å². The van der Waals surface area contributed by atoms with Gasteiger partial charge in [-0.15, -0.1) is 11.3 Å². The van der Waals surface area contributed by atoms with Crippen molar-refractivity contribution >= 4 is 23.1 Å². The maximum Gasteiger partial charge on any atom is 0.150 e. The molecular formula is C11H11NOS2. The van der Waals surface area contributed by atoms with Crippen LogP contribution < -0.4 is 4.74 Å². The Morgan fingerprint density at radius 3 is 2.80 bits per heavy atom. The molecule has 0 atom stereocenters. The van der Waals surface area contributed by atoms with Gasteiger partial charge in [0.2, 0.25) is 0 Å². The van der Waals surface area contributed by atoms with Crippen molar-refractivity contribution in [3.8, 4) is 5.75 Å². The van der Waals surface area contributed by atoms with Crippen LogP contribution in [0.1, 0.15) is 5.69 Å². The van der Waals surface area contributed by atoms with E-state index in [1.807, 2.05) is 42.0 Å². The van der Waals surface area contributed by atoms with Gasteiger partial charge in [-0.2, -0.15) is 0 Å². The van der Waals surface area contributed by atoms with Crippen LogP contribution in [-0.4, -0.2) is 11.2 Å². The summed E-state index contributed by atoms with van der Waals surface area (Å²) in [5, 5.41) is 2.04. The highest BCUT2D eigenvalue weighted by Crippen LogP contribution is 2.20. The summed E-state index contributed by atoms with van der Waals surface area (Å²) in [5.41, 5.74) is 0.994. The minimum atomic E-state index is 0.543. The van der Waals surface area contributed by atoms with E-state index in [9.17, 15) is 0 Å². The lowest BCUT2D eigenvalue weighted by atomic mass is 10.3. The number of ether oxygens (including phenoxy) is 1. The standard InChI is InChI=1S/C11H11NOS2/c1-14-11-12-9(8-15-11)7-13-10-5-3-2-4-6-10/h2-6,8H,7H2,1H3. The van der Waals surface area contributed by atoms with Crippen LogP contribution in [0.3, 0.4) is 0 Å². The molecule has 78 valence electrons. The van der Waals surface area contributed by atoms with E-state index in [0.717, 1.165) is 15.8 Å². The van der Waals surface area contributed by atoms with Gasteiger partial charge in [-0.1, -0.05) is 30.0 Å². The predicted octanol–water partition coefficient (Wildman–Crippen LogP) is 3.44. The lowest BCUT2D eigenvalue weighted by molar-refractivity contribution is 0.301. The van der Waals surface area contributed by atoms with Gasteiger partial charge in [0.05, 0.1) is 5.69 Å². The molecule has 2 rings (SSSR count). The van der Waals surface area contributed by atoms with Gasteiger partial charge >= 0.3 is 0 Å². The maximum absolute atomic E-state index is 5.58. The summed E-state index contributed by atoms with van der Waals surface area (Å²) in [6.45, 7) is 0.543. The van der Waals surface area contributed by atoms with E-state index in [1.165, 1.54) is 0 Å². The summed E-state index contributed by atoms with van der Waals surface area (Å²) in [7, 11) is 0. The highest BCUT2D eigenvalue weighted by molar-refractivity contribution is 8.00. The first-order chi connectivity index (χ1) is 7.38. The molecule has 0 aliphatic rings. The third-order valence-corrected chi connectivity index (χ3v) is 3.75. The summed E-state index contributed by atoms with van der Waals surface area (Å²) in [6, 6.07) is 9.79. The number of hydrogen-bond donors (Lipinski definition) is 0. The molecule has 0 N–H and O–H groups in total.